The van der Waals surface area contributed by atoms with Gasteiger partial charge in [-0.1, -0.05) is 6.07 Å². The van der Waals surface area contributed by atoms with Gasteiger partial charge in [0, 0.05) is 23.7 Å². The molecule has 5 nitrogen and oxygen atoms in total. The molecule has 0 saturated heterocycles. The summed E-state index contributed by atoms with van der Waals surface area (Å²) in [5.41, 5.74) is -0.436. The van der Waals surface area contributed by atoms with Crippen LogP contribution in [-0.4, -0.2) is 26.5 Å². The Labute approximate surface area is 107 Å². The second-order valence-electron chi connectivity index (χ2n) is 3.75. The van der Waals surface area contributed by atoms with Crippen LogP contribution in [0.4, 0.5) is 0 Å². The summed E-state index contributed by atoms with van der Waals surface area (Å²) in [7, 11) is 0. The number of aromatic nitrogens is 1. The molecule has 0 amide bonds. The van der Waals surface area contributed by atoms with Gasteiger partial charge >= 0.3 is 0 Å². The Morgan fingerprint density at radius 1 is 1.39 bits per heavy atom. The molecule has 1 unspecified atom stereocenters. The summed E-state index contributed by atoms with van der Waals surface area (Å²) in [4.78, 5) is 12.1. The van der Waals surface area contributed by atoms with E-state index in [-0.39, 0.29) is 18.8 Å². The molecule has 0 aromatic carbocycles. The molecule has 2 aromatic heterocycles. The van der Waals surface area contributed by atoms with Gasteiger partial charge in [-0.15, -0.1) is 11.3 Å². The number of hydrogen-bond acceptors (Lipinski definition) is 5. The first kappa shape index (κ1) is 12.8. The van der Waals surface area contributed by atoms with E-state index in [1.807, 2.05) is 0 Å². The molecule has 2 heterocycles. The summed E-state index contributed by atoms with van der Waals surface area (Å²) in [6.07, 6.45) is 0.371. The lowest BCUT2D eigenvalue weighted by molar-refractivity contribution is 0.200. The van der Waals surface area contributed by atoms with E-state index >= 15 is 0 Å². The van der Waals surface area contributed by atoms with Crippen LogP contribution in [0.25, 0.3) is 0 Å². The number of aromatic hydroxyl groups is 1. The van der Waals surface area contributed by atoms with E-state index in [0.29, 0.717) is 4.88 Å². The summed E-state index contributed by atoms with van der Waals surface area (Å²) in [5.74, 6) is -0.480. The summed E-state index contributed by atoms with van der Waals surface area (Å²) in [6, 6.07) is 4.70. The Bertz CT molecular complexity index is 576. The quantitative estimate of drug-likeness (QED) is 0.761. The number of rotatable bonds is 4. The fourth-order valence-corrected chi connectivity index (χ4v) is 2.46. The normalized spacial score (nSPS) is 12.6. The Hall–Kier alpha value is -1.63. The molecule has 0 aliphatic heterocycles. The molecule has 0 fully saturated rings. The second-order valence-corrected chi connectivity index (χ2v) is 4.73. The number of hydrogen-bond donors (Lipinski definition) is 3. The zero-order chi connectivity index (χ0) is 13.1. The smallest absolute Gasteiger partial charge is 0.223 e. The average molecular weight is 267 g/mol. The molecule has 6 heteroatoms. The molecule has 18 heavy (non-hydrogen) atoms. The Balaban J connectivity index is 2.53. The van der Waals surface area contributed by atoms with E-state index in [1.165, 1.54) is 28.2 Å². The van der Waals surface area contributed by atoms with Crippen LogP contribution in [0, 0.1) is 0 Å². The fraction of sp³-hybridized carbons (Fsp3) is 0.250. The van der Waals surface area contributed by atoms with Crippen molar-refractivity contribution in [3.63, 3.8) is 0 Å². The molecule has 0 spiro atoms. The van der Waals surface area contributed by atoms with Crippen molar-refractivity contribution >= 4 is 11.3 Å². The van der Waals surface area contributed by atoms with Gasteiger partial charge < -0.3 is 19.9 Å². The lowest BCUT2D eigenvalue weighted by Crippen LogP contribution is -2.17. The highest BCUT2D eigenvalue weighted by Gasteiger charge is 2.20. The van der Waals surface area contributed by atoms with Crippen LogP contribution >= 0.6 is 11.3 Å². The molecule has 0 bridgehead atoms. The van der Waals surface area contributed by atoms with E-state index in [2.05, 4.69) is 0 Å². The summed E-state index contributed by atoms with van der Waals surface area (Å²) < 4.78 is 1.47. The molecule has 0 radical (unpaired) electrons. The first-order valence-corrected chi connectivity index (χ1v) is 6.27. The minimum absolute atomic E-state index is 0.110. The average Bonchev–Trinajstić information content (AvgIpc) is 2.87. The van der Waals surface area contributed by atoms with Crippen molar-refractivity contribution in [2.75, 3.05) is 6.61 Å². The van der Waals surface area contributed by atoms with Crippen LogP contribution in [-0.2, 0) is 6.54 Å². The van der Waals surface area contributed by atoms with E-state index < -0.39 is 17.3 Å². The molecular formula is C12H13NO4S. The van der Waals surface area contributed by atoms with Gasteiger partial charge in [0.2, 0.25) is 5.43 Å². The molecule has 96 valence electrons. The van der Waals surface area contributed by atoms with Crippen molar-refractivity contribution in [3.8, 4) is 5.75 Å². The number of nitrogens with zero attached hydrogens (tertiary/aromatic N) is 1. The maximum atomic E-state index is 11.4. The standard InChI is InChI=1S/C12H13NO4S/c14-6-5-13-4-3-8(15)11(16)10(13)12(17)9-2-1-7-18-9/h1-4,7,12,14,16-17H,5-6H2. The summed E-state index contributed by atoms with van der Waals surface area (Å²) in [6.45, 7) is 0.0537. The number of aliphatic hydroxyl groups is 2. The third-order valence-electron chi connectivity index (χ3n) is 2.60. The predicted octanol–water partition coefficient (Wildman–Crippen LogP) is 0.689. The first-order chi connectivity index (χ1) is 8.65. The van der Waals surface area contributed by atoms with Crippen LogP contribution in [0.5, 0.6) is 5.75 Å². The Kier molecular flexibility index (Phi) is 3.81. The third-order valence-corrected chi connectivity index (χ3v) is 3.53. The van der Waals surface area contributed by atoms with Crippen LogP contribution in [0.15, 0.2) is 34.6 Å². The van der Waals surface area contributed by atoms with Crippen molar-refractivity contribution in [2.45, 2.75) is 12.6 Å². The number of pyridine rings is 1. The van der Waals surface area contributed by atoms with E-state index in [0.717, 1.165) is 0 Å². The molecule has 3 N–H and O–H groups in total. The van der Waals surface area contributed by atoms with Crippen LogP contribution in [0.1, 0.15) is 16.7 Å². The van der Waals surface area contributed by atoms with Gasteiger partial charge in [0.05, 0.1) is 12.3 Å². The van der Waals surface area contributed by atoms with Crippen LogP contribution in [0.2, 0.25) is 0 Å². The minimum Gasteiger partial charge on any atom is -0.503 e. The van der Waals surface area contributed by atoms with E-state index in [4.69, 9.17) is 5.11 Å². The molecule has 0 aliphatic carbocycles. The van der Waals surface area contributed by atoms with Crippen LogP contribution in [0.3, 0.4) is 0 Å². The van der Waals surface area contributed by atoms with Crippen LogP contribution < -0.4 is 5.43 Å². The highest BCUT2D eigenvalue weighted by molar-refractivity contribution is 7.10. The van der Waals surface area contributed by atoms with Gasteiger partial charge in [-0.05, 0) is 11.4 Å². The third kappa shape index (κ3) is 2.31. The van der Waals surface area contributed by atoms with Crippen molar-refractivity contribution in [2.24, 2.45) is 0 Å². The topological polar surface area (TPSA) is 82.7 Å². The van der Waals surface area contributed by atoms with Gasteiger partial charge in [-0.2, -0.15) is 0 Å². The van der Waals surface area contributed by atoms with Gasteiger partial charge in [0.25, 0.3) is 0 Å². The fourth-order valence-electron chi connectivity index (χ4n) is 1.75. The molecule has 2 rings (SSSR count). The van der Waals surface area contributed by atoms with Gasteiger partial charge in [-0.3, -0.25) is 4.79 Å². The zero-order valence-corrected chi connectivity index (χ0v) is 10.3. The number of aliphatic hydroxyl groups excluding tert-OH is 2. The first-order valence-electron chi connectivity index (χ1n) is 5.39. The van der Waals surface area contributed by atoms with Crippen molar-refractivity contribution < 1.29 is 15.3 Å². The number of thiophene rings is 1. The van der Waals surface area contributed by atoms with Gasteiger partial charge in [0.15, 0.2) is 5.75 Å². The van der Waals surface area contributed by atoms with Gasteiger partial charge in [-0.25, -0.2) is 0 Å². The van der Waals surface area contributed by atoms with Crippen molar-refractivity contribution in [1.82, 2.24) is 4.57 Å². The molecule has 2 aromatic rings. The summed E-state index contributed by atoms with van der Waals surface area (Å²) >= 11 is 1.33. The second kappa shape index (κ2) is 5.34. The van der Waals surface area contributed by atoms with E-state index in [1.54, 1.807) is 17.5 Å². The summed E-state index contributed by atoms with van der Waals surface area (Å²) in [5, 5.41) is 30.8. The predicted molar refractivity (Wildman–Crippen MR) is 67.8 cm³/mol. The maximum Gasteiger partial charge on any atom is 0.223 e. The van der Waals surface area contributed by atoms with E-state index in [9.17, 15) is 15.0 Å². The highest BCUT2D eigenvalue weighted by atomic mass is 32.1. The van der Waals surface area contributed by atoms with Crippen molar-refractivity contribution in [3.05, 3.63) is 50.6 Å². The molecular weight excluding hydrogens is 254 g/mol. The largest absolute Gasteiger partial charge is 0.503 e. The van der Waals surface area contributed by atoms with Gasteiger partial charge in [0.1, 0.15) is 6.10 Å². The minimum atomic E-state index is -1.08. The lowest BCUT2D eigenvalue weighted by atomic mass is 10.1. The molecule has 1 atom stereocenters. The monoisotopic (exact) mass is 267 g/mol. The maximum absolute atomic E-state index is 11.4. The zero-order valence-electron chi connectivity index (χ0n) is 9.48. The highest BCUT2D eigenvalue weighted by Crippen LogP contribution is 2.29. The molecule has 0 saturated carbocycles. The SMILES string of the molecule is O=c1ccn(CCO)c(C(O)c2cccs2)c1O. The Morgan fingerprint density at radius 3 is 2.78 bits per heavy atom. The molecule has 0 aliphatic rings. The Morgan fingerprint density at radius 2 is 2.17 bits per heavy atom. The lowest BCUT2D eigenvalue weighted by Gasteiger charge is -2.17. The van der Waals surface area contributed by atoms with Crippen molar-refractivity contribution in [1.29, 1.82) is 0 Å².